The van der Waals surface area contributed by atoms with E-state index < -0.39 is 6.10 Å². The molecule has 2 N–H and O–H groups in total. The summed E-state index contributed by atoms with van der Waals surface area (Å²) in [4.78, 5) is 11.7. The lowest BCUT2D eigenvalue weighted by Crippen LogP contribution is -2.17. The topological polar surface area (TPSA) is 58.0 Å². The number of hydrogen-bond donors (Lipinski definition) is 2. The number of aryl methyl sites for hydroxylation is 3. The van der Waals surface area contributed by atoms with E-state index in [-0.39, 0.29) is 0 Å². The molecule has 0 fully saturated rings. The molecule has 112 valence electrons. The predicted octanol–water partition coefficient (Wildman–Crippen LogP) is 3.70. The molecule has 5 heteroatoms. The normalized spacial score (nSPS) is 19.1. The van der Waals surface area contributed by atoms with Gasteiger partial charge in [0.25, 0.3) is 0 Å². The Morgan fingerprint density at radius 1 is 1.43 bits per heavy atom. The first kappa shape index (κ1) is 14.5. The maximum atomic E-state index is 9.65. The number of fused-ring (bicyclic) bond motifs is 1. The minimum absolute atomic E-state index is 0.301. The van der Waals surface area contributed by atoms with Crippen LogP contribution in [0, 0.1) is 13.8 Å². The second-order valence-corrected chi connectivity index (χ2v) is 7.08. The lowest BCUT2D eigenvalue weighted by molar-refractivity contribution is 0.197. The summed E-state index contributed by atoms with van der Waals surface area (Å²) in [7, 11) is 0. The fourth-order valence-corrected chi connectivity index (χ4v) is 4.10. The maximum Gasteiger partial charge on any atom is 0.223 e. The van der Waals surface area contributed by atoms with Crippen molar-refractivity contribution in [2.75, 3.05) is 5.32 Å². The molecular formula is C16H21N3OS. The number of hydrogen-bond acceptors (Lipinski definition) is 5. The summed E-state index contributed by atoms with van der Waals surface area (Å²) >= 11 is 1.90. The maximum absolute atomic E-state index is 9.65. The standard InChI is InChI=1S/C16H21N3OS/c1-9-7-12-14(5-4-6-15(12)21-9)19-16-17-8-13(11(3)20)10(2)18-16/h7-8,11,14,20H,4-6H2,1-3H3,(H,17,18,19). The van der Waals surface area contributed by atoms with Crippen LogP contribution in [0.5, 0.6) is 0 Å². The summed E-state index contributed by atoms with van der Waals surface area (Å²) in [6.45, 7) is 5.81. The molecule has 3 rings (SSSR count). The minimum Gasteiger partial charge on any atom is -0.389 e. The second-order valence-electron chi connectivity index (χ2n) is 5.74. The van der Waals surface area contributed by atoms with Crippen molar-refractivity contribution in [3.8, 4) is 0 Å². The molecule has 0 saturated carbocycles. The van der Waals surface area contributed by atoms with E-state index in [1.165, 1.54) is 28.2 Å². The third-order valence-electron chi connectivity index (χ3n) is 4.01. The molecule has 0 radical (unpaired) electrons. The number of thiophene rings is 1. The summed E-state index contributed by atoms with van der Waals surface area (Å²) in [5.41, 5.74) is 3.03. The Morgan fingerprint density at radius 2 is 2.24 bits per heavy atom. The Balaban J connectivity index is 1.83. The van der Waals surface area contributed by atoms with Crippen molar-refractivity contribution in [2.45, 2.75) is 52.2 Å². The molecule has 2 aromatic heterocycles. The summed E-state index contributed by atoms with van der Waals surface area (Å²) < 4.78 is 0. The molecule has 0 spiro atoms. The van der Waals surface area contributed by atoms with E-state index in [1.807, 2.05) is 18.3 Å². The zero-order valence-electron chi connectivity index (χ0n) is 12.7. The number of aromatic nitrogens is 2. The highest BCUT2D eigenvalue weighted by atomic mass is 32.1. The van der Waals surface area contributed by atoms with Crippen LogP contribution < -0.4 is 5.32 Å². The van der Waals surface area contributed by atoms with Gasteiger partial charge in [-0.05, 0) is 51.7 Å². The van der Waals surface area contributed by atoms with E-state index in [2.05, 4.69) is 28.3 Å². The van der Waals surface area contributed by atoms with Crippen molar-refractivity contribution in [3.05, 3.63) is 38.8 Å². The fourth-order valence-electron chi connectivity index (χ4n) is 2.96. The summed E-state index contributed by atoms with van der Waals surface area (Å²) in [6.07, 6.45) is 4.70. The highest BCUT2D eigenvalue weighted by Gasteiger charge is 2.23. The van der Waals surface area contributed by atoms with Crippen LogP contribution >= 0.6 is 11.3 Å². The van der Waals surface area contributed by atoms with Crippen LogP contribution in [0.2, 0.25) is 0 Å². The van der Waals surface area contributed by atoms with E-state index in [1.54, 1.807) is 13.1 Å². The van der Waals surface area contributed by atoms with Gasteiger partial charge in [-0.2, -0.15) is 0 Å². The molecule has 1 aliphatic rings. The van der Waals surface area contributed by atoms with Gasteiger partial charge in [0.05, 0.1) is 12.1 Å². The van der Waals surface area contributed by atoms with E-state index in [0.717, 1.165) is 17.7 Å². The average molecular weight is 303 g/mol. The number of rotatable bonds is 3. The molecule has 21 heavy (non-hydrogen) atoms. The van der Waals surface area contributed by atoms with Gasteiger partial charge >= 0.3 is 0 Å². The quantitative estimate of drug-likeness (QED) is 0.908. The summed E-state index contributed by atoms with van der Waals surface area (Å²) in [5.74, 6) is 0.651. The number of aliphatic hydroxyl groups excluding tert-OH is 1. The van der Waals surface area contributed by atoms with E-state index in [9.17, 15) is 5.11 Å². The molecule has 4 nitrogen and oxygen atoms in total. The monoisotopic (exact) mass is 303 g/mol. The van der Waals surface area contributed by atoms with Crippen LogP contribution in [0.25, 0.3) is 0 Å². The molecule has 1 aliphatic carbocycles. The SMILES string of the molecule is Cc1cc2c(s1)CCCC2Nc1ncc(C(C)O)c(C)n1. The smallest absolute Gasteiger partial charge is 0.223 e. The molecule has 0 saturated heterocycles. The Morgan fingerprint density at radius 3 is 2.95 bits per heavy atom. The first-order valence-corrected chi connectivity index (χ1v) is 8.23. The summed E-state index contributed by atoms with van der Waals surface area (Å²) in [6, 6.07) is 2.59. The van der Waals surface area contributed by atoms with Crippen LogP contribution in [0.3, 0.4) is 0 Å². The van der Waals surface area contributed by atoms with Gasteiger partial charge in [-0.1, -0.05) is 0 Å². The summed E-state index contributed by atoms with van der Waals surface area (Å²) in [5, 5.41) is 13.1. The molecule has 0 bridgehead atoms. The third kappa shape index (κ3) is 2.94. The molecule has 2 aromatic rings. The van der Waals surface area contributed by atoms with Crippen LogP contribution in [0.4, 0.5) is 5.95 Å². The fraction of sp³-hybridized carbons (Fsp3) is 0.500. The van der Waals surface area contributed by atoms with Gasteiger partial charge in [0.1, 0.15) is 0 Å². The van der Waals surface area contributed by atoms with Crippen molar-refractivity contribution in [1.29, 1.82) is 0 Å². The Hall–Kier alpha value is -1.46. The van der Waals surface area contributed by atoms with Gasteiger partial charge in [-0.25, -0.2) is 9.97 Å². The highest BCUT2D eigenvalue weighted by Crippen LogP contribution is 2.37. The van der Waals surface area contributed by atoms with Crippen molar-refractivity contribution < 1.29 is 5.11 Å². The molecular weight excluding hydrogens is 282 g/mol. The largest absolute Gasteiger partial charge is 0.389 e. The van der Waals surface area contributed by atoms with Gasteiger partial charge in [0.2, 0.25) is 5.95 Å². The second kappa shape index (κ2) is 5.73. The first-order valence-electron chi connectivity index (χ1n) is 7.42. The van der Waals surface area contributed by atoms with Crippen LogP contribution in [-0.2, 0) is 6.42 Å². The molecule has 0 aliphatic heterocycles. The zero-order valence-corrected chi connectivity index (χ0v) is 13.5. The Bertz CT molecular complexity index is 651. The number of nitrogens with zero attached hydrogens (tertiary/aromatic N) is 2. The third-order valence-corrected chi connectivity index (χ3v) is 5.13. The highest BCUT2D eigenvalue weighted by molar-refractivity contribution is 7.12. The van der Waals surface area contributed by atoms with E-state index in [4.69, 9.17) is 0 Å². The van der Waals surface area contributed by atoms with Gasteiger partial charge in [0.15, 0.2) is 0 Å². The van der Waals surface area contributed by atoms with E-state index >= 15 is 0 Å². The lowest BCUT2D eigenvalue weighted by atomic mass is 9.94. The molecule has 2 unspecified atom stereocenters. The van der Waals surface area contributed by atoms with Gasteiger partial charge < -0.3 is 10.4 Å². The molecule has 2 heterocycles. The Kier molecular flexibility index (Phi) is 3.95. The van der Waals surface area contributed by atoms with Crippen molar-refractivity contribution in [2.24, 2.45) is 0 Å². The van der Waals surface area contributed by atoms with Gasteiger partial charge in [0, 0.05) is 27.2 Å². The Labute approximate surface area is 129 Å². The predicted molar refractivity (Wildman–Crippen MR) is 85.8 cm³/mol. The van der Waals surface area contributed by atoms with Crippen LogP contribution in [-0.4, -0.2) is 15.1 Å². The van der Waals surface area contributed by atoms with Gasteiger partial charge in [-0.3, -0.25) is 0 Å². The van der Waals surface area contributed by atoms with Crippen molar-refractivity contribution >= 4 is 17.3 Å². The first-order chi connectivity index (χ1) is 10.0. The number of anilines is 1. The van der Waals surface area contributed by atoms with Crippen LogP contribution in [0.15, 0.2) is 12.3 Å². The average Bonchev–Trinajstić information content (AvgIpc) is 2.80. The lowest BCUT2D eigenvalue weighted by Gasteiger charge is -2.24. The van der Waals surface area contributed by atoms with E-state index in [0.29, 0.717) is 12.0 Å². The molecule has 0 aromatic carbocycles. The zero-order chi connectivity index (χ0) is 15.0. The van der Waals surface area contributed by atoms with Crippen molar-refractivity contribution in [3.63, 3.8) is 0 Å². The molecule has 0 amide bonds. The van der Waals surface area contributed by atoms with Crippen LogP contribution in [0.1, 0.15) is 58.5 Å². The van der Waals surface area contributed by atoms with Gasteiger partial charge in [-0.15, -0.1) is 11.3 Å². The minimum atomic E-state index is -0.528. The molecule has 2 atom stereocenters. The number of nitrogens with one attached hydrogen (secondary N) is 1. The van der Waals surface area contributed by atoms with Crippen molar-refractivity contribution in [1.82, 2.24) is 9.97 Å². The number of aliphatic hydroxyl groups is 1.